The smallest absolute Gasteiger partial charge is 0.222 e. The molecule has 1 aromatic carbocycles. The van der Waals surface area contributed by atoms with Crippen molar-refractivity contribution in [3.05, 3.63) is 77.6 Å². The molecule has 3 heterocycles. The average Bonchev–Trinajstić information content (AvgIpc) is 3.20. The molecule has 0 radical (unpaired) electrons. The molecule has 0 aliphatic carbocycles. The molecule has 1 unspecified atom stereocenters. The van der Waals surface area contributed by atoms with Crippen LogP contribution in [0.2, 0.25) is 0 Å². The zero-order chi connectivity index (χ0) is 19.3. The van der Waals surface area contributed by atoms with Gasteiger partial charge in [-0.25, -0.2) is 4.98 Å². The second kappa shape index (κ2) is 8.25. The Hall–Kier alpha value is -3.15. The van der Waals surface area contributed by atoms with Crippen molar-refractivity contribution < 1.29 is 9.90 Å². The summed E-state index contributed by atoms with van der Waals surface area (Å²) in [4.78, 5) is 26.5. The van der Waals surface area contributed by atoms with Crippen molar-refractivity contribution in [3.63, 3.8) is 0 Å². The number of unbranched alkanes of at least 4 members (excludes halogenated alkanes) is 1. The molecule has 0 fully saturated rings. The van der Waals surface area contributed by atoms with Crippen LogP contribution in [0.3, 0.4) is 0 Å². The van der Waals surface area contributed by atoms with Crippen molar-refractivity contribution in [2.45, 2.75) is 38.1 Å². The number of benzene rings is 1. The van der Waals surface area contributed by atoms with E-state index in [4.69, 9.17) is 0 Å². The van der Waals surface area contributed by atoms with Gasteiger partial charge in [-0.1, -0.05) is 18.2 Å². The number of phenols is 1. The second-order valence-corrected chi connectivity index (χ2v) is 7.26. The summed E-state index contributed by atoms with van der Waals surface area (Å²) in [5.74, 6) is 0.367. The van der Waals surface area contributed by atoms with Gasteiger partial charge in [-0.15, -0.1) is 0 Å². The van der Waals surface area contributed by atoms with Crippen molar-refractivity contribution >= 4 is 5.91 Å². The van der Waals surface area contributed by atoms with Gasteiger partial charge >= 0.3 is 0 Å². The van der Waals surface area contributed by atoms with Crippen LogP contribution in [0.1, 0.15) is 47.7 Å². The van der Waals surface area contributed by atoms with E-state index in [2.05, 4.69) is 21.0 Å². The van der Waals surface area contributed by atoms with Crippen LogP contribution < -0.4 is 0 Å². The number of hydrogen-bond donors (Lipinski definition) is 2. The Morgan fingerprint density at radius 1 is 1.25 bits per heavy atom. The molecule has 0 bridgehead atoms. The van der Waals surface area contributed by atoms with Crippen LogP contribution in [-0.2, 0) is 17.8 Å². The molecule has 1 aliphatic rings. The molecule has 1 aliphatic heterocycles. The minimum absolute atomic E-state index is 0.0264. The predicted molar refractivity (Wildman–Crippen MR) is 106 cm³/mol. The molecule has 1 atom stereocenters. The largest absolute Gasteiger partial charge is 0.508 e. The monoisotopic (exact) mass is 376 g/mol. The predicted octanol–water partition coefficient (Wildman–Crippen LogP) is 3.40. The van der Waals surface area contributed by atoms with E-state index in [1.165, 1.54) is 5.56 Å². The quantitative estimate of drug-likeness (QED) is 0.646. The van der Waals surface area contributed by atoms with Gasteiger partial charge in [0.1, 0.15) is 5.75 Å². The maximum atomic E-state index is 12.8. The number of fused-ring (bicyclic) bond motifs is 1. The third kappa shape index (κ3) is 4.06. The zero-order valence-electron chi connectivity index (χ0n) is 15.7. The van der Waals surface area contributed by atoms with Gasteiger partial charge in [0.05, 0.1) is 24.3 Å². The average molecular weight is 376 g/mol. The summed E-state index contributed by atoms with van der Waals surface area (Å²) in [6.45, 7) is 1.15. The van der Waals surface area contributed by atoms with Crippen LogP contribution >= 0.6 is 0 Å². The molecule has 4 rings (SSSR count). The number of carbonyl (C=O) groups is 1. The highest BCUT2D eigenvalue weighted by Crippen LogP contribution is 2.33. The van der Waals surface area contributed by atoms with Gasteiger partial charge in [0.2, 0.25) is 5.91 Å². The summed E-state index contributed by atoms with van der Waals surface area (Å²) in [6.07, 6.45) is 8.64. The lowest BCUT2D eigenvalue weighted by Gasteiger charge is -2.32. The number of amides is 1. The molecule has 0 saturated carbocycles. The Kier molecular flexibility index (Phi) is 5.37. The summed E-state index contributed by atoms with van der Waals surface area (Å²) in [7, 11) is 0. The molecule has 6 nitrogen and oxygen atoms in total. The van der Waals surface area contributed by atoms with E-state index in [1.54, 1.807) is 24.7 Å². The Labute approximate surface area is 164 Å². The first kappa shape index (κ1) is 18.2. The number of pyridine rings is 1. The number of hydrogen-bond acceptors (Lipinski definition) is 4. The van der Waals surface area contributed by atoms with E-state index in [-0.39, 0.29) is 17.6 Å². The third-order valence-corrected chi connectivity index (χ3v) is 5.29. The van der Waals surface area contributed by atoms with Crippen LogP contribution in [0.5, 0.6) is 5.75 Å². The minimum atomic E-state index is -0.0264. The van der Waals surface area contributed by atoms with Crippen LogP contribution in [0, 0.1) is 0 Å². The lowest BCUT2D eigenvalue weighted by Crippen LogP contribution is -2.38. The van der Waals surface area contributed by atoms with E-state index in [0.29, 0.717) is 19.5 Å². The standard InChI is InChI=1S/C22H24N4O2/c27-18-8-3-7-17(11-18)19-13-26(14-20-22(19)25-15-24-20)21(28)9-2-1-5-16-6-4-10-23-12-16/h3-4,6-8,10-12,15,19,27H,1-2,5,9,13-14H2,(H,24,25). The number of nitrogens with one attached hydrogen (secondary N) is 1. The molecule has 0 spiro atoms. The topological polar surface area (TPSA) is 82.1 Å². The van der Waals surface area contributed by atoms with E-state index in [1.807, 2.05) is 29.3 Å². The van der Waals surface area contributed by atoms with Gasteiger partial charge in [-0.05, 0) is 48.6 Å². The fourth-order valence-electron chi connectivity index (χ4n) is 3.83. The maximum absolute atomic E-state index is 12.8. The summed E-state index contributed by atoms with van der Waals surface area (Å²) >= 11 is 0. The van der Waals surface area contributed by atoms with E-state index >= 15 is 0 Å². The van der Waals surface area contributed by atoms with Crippen LogP contribution in [0.15, 0.2) is 55.1 Å². The van der Waals surface area contributed by atoms with Crippen molar-refractivity contribution in [1.29, 1.82) is 0 Å². The summed E-state index contributed by atoms with van der Waals surface area (Å²) in [5, 5.41) is 9.84. The van der Waals surface area contributed by atoms with Gasteiger partial charge in [0.25, 0.3) is 0 Å². The number of carbonyl (C=O) groups excluding carboxylic acids is 1. The summed E-state index contributed by atoms with van der Waals surface area (Å²) in [6, 6.07) is 11.2. The molecule has 144 valence electrons. The Morgan fingerprint density at radius 2 is 2.18 bits per heavy atom. The first-order chi connectivity index (χ1) is 13.7. The number of imidazole rings is 1. The lowest BCUT2D eigenvalue weighted by atomic mass is 9.90. The minimum Gasteiger partial charge on any atom is -0.508 e. The fourth-order valence-corrected chi connectivity index (χ4v) is 3.83. The fraction of sp³-hybridized carbons (Fsp3) is 0.318. The Balaban J connectivity index is 1.39. The van der Waals surface area contributed by atoms with E-state index in [0.717, 1.165) is 36.2 Å². The van der Waals surface area contributed by atoms with Gasteiger partial charge in [0.15, 0.2) is 0 Å². The van der Waals surface area contributed by atoms with Crippen LogP contribution in [0.25, 0.3) is 0 Å². The van der Waals surface area contributed by atoms with Gasteiger partial charge in [0, 0.05) is 31.3 Å². The number of aromatic hydroxyl groups is 1. The Morgan fingerprint density at radius 3 is 3.00 bits per heavy atom. The number of rotatable bonds is 6. The Bertz CT molecular complexity index is 938. The van der Waals surface area contributed by atoms with E-state index in [9.17, 15) is 9.90 Å². The molecule has 3 aromatic rings. The van der Waals surface area contributed by atoms with Gasteiger partial charge in [-0.3, -0.25) is 9.78 Å². The first-order valence-electron chi connectivity index (χ1n) is 9.68. The number of phenolic OH excluding ortho intramolecular Hbond substituents is 1. The molecule has 2 aromatic heterocycles. The van der Waals surface area contributed by atoms with Crippen molar-refractivity contribution in [2.75, 3.05) is 6.54 Å². The molecule has 1 amide bonds. The zero-order valence-corrected chi connectivity index (χ0v) is 15.7. The molecular formula is C22H24N4O2. The summed E-state index contributed by atoms with van der Waals surface area (Å²) < 4.78 is 0. The number of aromatic amines is 1. The van der Waals surface area contributed by atoms with Crippen molar-refractivity contribution in [3.8, 4) is 5.75 Å². The molecule has 2 N–H and O–H groups in total. The first-order valence-corrected chi connectivity index (χ1v) is 9.68. The van der Waals surface area contributed by atoms with Crippen molar-refractivity contribution in [1.82, 2.24) is 19.9 Å². The van der Waals surface area contributed by atoms with Crippen LogP contribution in [0.4, 0.5) is 0 Å². The highest BCUT2D eigenvalue weighted by Gasteiger charge is 2.31. The number of aryl methyl sites for hydroxylation is 1. The molecular weight excluding hydrogens is 352 g/mol. The molecule has 28 heavy (non-hydrogen) atoms. The SMILES string of the molecule is O=C(CCCCc1cccnc1)N1Cc2[nH]cnc2C(c2cccc(O)c2)C1. The van der Waals surface area contributed by atoms with Crippen molar-refractivity contribution in [2.24, 2.45) is 0 Å². The van der Waals surface area contributed by atoms with E-state index < -0.39 is 0 Å². The molecule has 0 saturated heterocycles. The number of aromatic nitrogens is 3. The summed E-state index contributed by atoms with van der Waals surface area (Å²) in [5.41, 5.74) is 4.12. The lowest BCUT2D eigenvalue weighted by molar-refractivity contribution is -0.132. The normalized spacial score (nSPS) is 16.0. The highest BCUT2D eigenvalue weighted by molar-refractivity contribution is 5.76. The van der Waals surface area contributed by atoms with Gasteiger partial charge < -0.3 is 15.0 Å². The maximum Gasteiger partial charge on any atom is 0.222 e. The van der Waals surface area contributed by atoms with Crippen LogP contribution in [-0.4, -0.2) is 37.4 Å². The number of nitrogens with zero attached hydrogens (tertiary/aromatic N) is 3. The van der Waals surface area contributed by atoms with Gasteiger partial charge in [-0.2, -0.15) is 0 Å². The number of H-pyrrole nitrogens is 1. The second-order valence-electron chi connectivity index (χ2n) is 7.26. The third-order valence-electron chi connectivity index (χ3n) is 5.29. The highest BCUT2D eigenvalue weighted by atomic mass is 16.3. The molecule has 6 heteroatoms.